The molecule has 0 aliphatic carbocycles. The molecule has 2 rings (SSSR count). The lowest BCUT2D eigenvalue weighted by Gasteiger charge is -2.03. The van der Waals surface area contributed by atoms with Crippen LogP contribution in [0.1, 0.15) is 12.5 Å². The second kappa shape index (κ2) is 3.14. The third kappa shape index (κ3) is 1.67. The minimum absolute atomic E-state index is 0.185. The average Bonchev–Trinajstić information content (AvgIpc) is 2.49. The summed E-state index contributed by atoms with van der Waals surface area (Å²) in [4.78, 5) is 0. The Morgan fingerprint density at radius 1 is 1.38 bits per heavy atom. The molecule has 1 atom stereocenters. The van der Waals surface area contributed by atoms with Gasteiger partial charge in [-0.2, -0.15) is 15.4 Å². The number of H-pyrrole nitrogens is 1. The van der Waals surface area contributed by atoms with E-state index in [0.717, 1.165) is 17.5 Å². The summed E-state index contributed by atoms with van der Waals surface area (Å²) in [6.45, 7) is 1.99. The van der Waals surface area contributed by atoms with Crippen LogP contribution in [0.4, 0.5) is 0 Å². The predicted molar refractivity (Wildman–Crippen MR) is 51.2 cm³/mol. The van der Waals surface area contributed by atoms with E-state index in [2.05, 4.69) is 15.4 Å². The lowest BCUT2D eigenvalue weighted by molar-refractivity contribution is 0.738. The number of nitrogens with zero attached hydrogens (tertiary/aromatic N) is 2. The molecule has 1 aromatic heterocycles. The molecule has 0 aliphatic rings. The van der Waals surface area contributed by atoms with Gasteiger partial charge in [0.2, 0.25) is 0 Å². The van der Waals surface area contributed by atoms with Gasteiger partial charge < -0.3 is 5.73 Å². The summed E-state index contributed by atoms with van der Waals surface area (Å²) in [7, 11) is 0. The third-order valence-electron chi connectivity index (χ3n) is 1.94. The van der Waals surface area contributed by atoms with Crippen LogP contribution in [0.15, 0.2) is 18.2 Å². The van der Waals surface area contributed by atoms with Crippen LogP contribution >= 0.6 is 0 Å². The van der Waals surface area contributed by atoms with E-state index in [0.29, 0.717) is 0 Å². The van der Waals surface area contributed by atoms with Crippen LogP contribution in [-0.2, 0) is 6.42 Å². The minimum atomic E-state index is 0.185. The van der Waals surface area contributed by atoms with E-state index in [1.54, 1.807) is 0 Å². The Hall–Kier alpha value is -1.42. The molecular weight excluding hydrogens is 164 g/mol. The summed E-state index contributed by atoms with van der Waals surface area (Å²) < 4.78 is 0. The number of rotatable bonds is 2. The Bertz CT molecular complexity index is 405. The van der Waals surface area contributed by atoms with Gasteiger partial charge in [0.25, 0.3) is 0 Å². The summed E-state index contributed by atoms with van der Waals surface area (Å²) in [6.07, 6.45) is 0.878. The SMILES string of the molecule is CC(N)Cc1ccc2n[nH]nc2c1. The molecule has 0 fully saturated rings. The fourth-order valence-corrected chi connectivity index (χ4v) is 1.38. The van der Waals surface area contributed by atoms with E-state index in [1.165, 1.54) is 5.56 Å². The Morgan fingerprint density at radius 2 is 2.15 bits per heavy atom. The number of nitrogens with two attached hydrogens (primary N) is 1. The highest BCUT2D eigenvalue weighted by molar-refractivity contribution is 5.74. The normalized spacial score (nSPS) is 13.4. The molecule has 0 spiro atoms. The highest BCUT2D eigenvalue weighted by atomic mass is 15.3. The van der Waals surface area contributed by atoms with E-state index >= 15 is 0 Å². The van der Waals surface area contributed by atoms with Crippen molar-refractivity contribution >= 4 is 11.0 Å². The van der Waals surface area contributed by atoms with Crippen LogP contribution in [0.25, 0.3) is 11.0 Å². The molecule has 4 nitrogen and oxygen atoms in total. The Kier molecular flexibility index (Phi) is 1.98. The van der Waals surface area contributed by atoms with Crippen molar-refractivity contribution in [3.8, 4) is 0 Å². The van der Waals surface area contributed by atoms with Crippen molar-refractivity contribution < 1.29 is 0 Å². The Labute approximate surface area is 76.1 Å². The molecule has 3 N–H and O–H groups in total. The fourth-order valence-electron chi connectivity index (χ4n) is 1.38. The molecule has 13 heavy (non-hydrogen) atoms. The van der Waals surface area contributed by atoms with Crippen LogP contribution < -0.4 is 5.73 Å². The zero-order chi connectivity index (χ0) is 9.26. The standard InChI is InChI=1S/C9H12N4/c1-6(10)4-7-2-3-8-9(5-7)12-13-11-8/h2-3,5-6H,4,10H2,1H3,(H,11,12,13). The van der Waals surface area contributed by atoms with Gasteiger partial charge in [-0.25, -0.2) is 0 Å². The van der Waals surface area contributed by atoms with Gasteiger partial charge in [0.1, 0.15) is 11.0 Å². The molecule has 1 heterocycles. The third-order valence-corrected chi connectivity index (χ3v) is 1.94. The first-order valence-corrected chi connectivity index (χ1v) is 4.30. The first-order valence-electron chi connectivity index (χ1n) is 4.30. The van der Waals surface area contributed by atoms with Gasteiger partial charge >= 0.3 is 0 Å². The maximum atomic E-state index is 5.70. The summed E-state index contributed by atoms with van der Waals surface area (Å²) in [6, 6.07) is 6.19. The van der Waals surface area contributed by atoms with Crippen molar-refractivity contribution in [1.82, 2.24) is 15.4 Å². The van der Waals surface area contributed by atoms with Gasteiger partial charge in [-0.1, -0.05) is 6.07 Å². The number of fused-ring (bicyclic) bond motifs is 1. The van der Waals surface area contributed by atoms with Crippen molar-refractivity contribution in [2.45, 2.75) is 19.4 Å². The molecule has 68 valence electrons. The summed E-state index contributed by atoms with van der Waals surface area (Å²) in [5, 5.41) is 10.6. The van der Waals surface area contributed by atoms with Gasteiger partial charge in [0.15, 0.2) is 0 Å². The van der Waals surface area contributed by atoms with Crippen LogP contribution in [0, 0.1) is 0 Å². The average molecular weight is 176 g/mol. The van der Waals surface area contributed by atoms with Gasteiger partial charge in [-0.15, -0.1) is 0 Å². The Morgan fingerprint density at radius 3 is 2.92 bits per heavy atom. The van der Waals surface area contributed by atoms with E-state index in [1.807, 2.05) is 25.1 Å². The summed E-state index contributed by atoms with van der Waals surface area (Å²) in [5.74, 6) is 0. The van der Waals surface area contributed by atoms with Gasteiger partial charge in [0.05, 0.1) is 0 Å². The maximum Gasteiger partial charge on any atom is 0.113 e. The quantitative estimate of drug-likeness (QED) is 0.712. The minimum Gasteiger partial charge on any atom is -0.328 e. The molecule has 0 saturated heterocycles. The maximum absolute atomic E-state index is 5.70. The monoisotopic (exact) mass is 176 g/mol. The zero-order valence-corrected chi connectivity index (χ0v) is 7.49. The fraction of sp³-hybridized carbons (Fsp3) is 0.333. The Balaban J connectivity index is 2.37. The molecule has 4 heteroatoms. The second-order valence-corrected chi connectivity index (χ2v) is 3.33. The van der Waals surface area contributed by atoms with E-state index in [9.17, 15) is 0 Å². The van der Waals surface area contributed by atoms with E-state index in [-0.39, 0.29) is 6.04 Å². The number of hydrogen-bond donors (Lipinski definition) is 2. The van der Waals surface area contributed by atoms with Crippen LogP contribution in [0.2, 0.25) is 0 Å². The number of hydrogen-bond acceptors (Lipinski definition) is 3. The highest BCUT2D eigenvalue weighted by Gasteiger charge is 2.01. The van der Waals surface area contributed by atoms with Crippen molar-refractivity contribution in [2.75, 3.05) is 0 Å². The van der Waals surface area contributed by atoms with E-state index in [4.69, 9.17) is 5.73 Å². The van der Waals surface area contributed by atoms with Crippen molar-refractivity contribution in [2.24, 2.45) is 5.73 Å². The lowest BCUT2D eigenvalue weighted by Crippen LogP contribution is -2.17. The van der Waals surface area contributed by atoms with Crippen molar-refractivity contribution in [1.29, 1.82) is 0 Å². The predicted octanol–water partition coefficient (Wildman–Crippen LogP) is 0.848. The number of aromatic nitrogens is 3. The molecule has 1 unspecified atom stereocenters. The first kappa shape index (κ1) is 8.19. The van der Waals surface area contributed by atoms with Gasteiger partial charge in [-0.05, 0) is 31.0 Å². The van der Waals surface area contributed by atoms with Crippen molar-refractivity contribution in [3.05, 3.63) is 23.8 Å². The first-order chi connectivity index (χ1) is 6.25. The molecule has 1 aromatic carbocycles. The number of aromatic amines is 1. The molecule has 0 saturated carbocycles. The number of benzene rings is 1. The molecular formula is C9H12N4. The lowest BCUT2D eigenvalue weighted by atomic mass is 10.1. The van der Waals surface area contributed by atoms with Crippen molar-refractivity contribution in [3.63, 3.8) is 0 Å². The molecule has 0 bridgehead atoms. The summed E-state index contributed by atoms with van der Waals surface area (Å²) >= 11 is 0. The molecule has 0 amide bonds. The van der Waals surface area contributed by atoms with Gasteiger partial charge in [0, 0.05) is 6.04 Å². The topological polar surface area (TPSA) is 67.6 Å². The molecule has 2 aromatic rings. The van der Waals surface area contributed by atoms with Crippen LogP contribution in [-0.4, -0.2) is 21.5 Å². The van der Waals surface area contributed by atoms with E-state index < -0.39 is 0 Å². The largest absolute Gasteiger partial charge is 0.328 e. The van der Waals surface area contributed by atoms with Crippen LogP contribution in [0.3, 0.4) is 0 Å². The second-order valence-electron chi connectivity index (χ2n) is 3.33. The number of nitrogens with one attached hydrogen (secondary N) is 1. The summed E-state index contributed by atoms with van der Waals surface area (Å²) in [5.41, 5.74) is 8.70. The zero-order valence-electron chi connectivity index (χ0n) is 7.49. The highest BCUT2D eigenvalue weighted by Crippen LogP contribution is 2.11. The van der Waals surface area contributed by atoms with Gasteiger partial charge in [-0.3, -0.25) is 0 Å². The van der Waals surface area contributed by atoms with Crippen LogP contribution in [0.5, 0.6) is 0 Å². The molecule has 0 radical (unpaired) electrons. The smallest absolute Gasteiger partial charge is 0.113 e. The molecule has 0 aliphatic heterocycles.